The molecule has 0 unspecified atom stereocenters. The van der Waals surface area contributed by atoms with Gasteiger partial charge in [-0.25, -0.2) is 31.5 Å². The molecule has 0 saturated heterocycles. The molecule has 0 bridgehead atoms. The number of halogens is 2. The van der Waals surface area contributed by atoms with Gasteiger partial charge in [-0.3, -0.25) is 0 Å². The maximum absolute atomic E-state index is 14.7. The molecule has 168 valence electrons. The van der Waals surface area contributed by atoms with Crippen LogP contribution in [-0.2, 0) is 16.6 Å². The lowest BCUT2D eigenvalue weighted by molar-refractivity contribution is 0.391. The van der Waals surface area contributed by atoms with E-state index in [1.54, 1.807) is 18.2 Å². The summed E-state index contributed by atoms with van der Waals surface area (Å²) in [7, 11) is -1.51. The molecule has 1 aliphatic rings. The Morgan fingerprint density at radius 2 is 1.84 bits per heavy atom. The molecular formula is C22H21F2N3O4S. The van der Waals surface area contributed by atoms with E-state index in [2.05, 4.69) is 9.97 Å². The van der Waals surface area contributed by atoms with E-state index in [1.165, 1.54) is 32.8 Å². The third-order valence-electron chi connectivity index (χ3n) is 5.27. The van der Waals surface area contributed by atoms with Gasteiger partial charge in [-0.2, -0.15) is 0 Å². The zero-order valence-corrected chi connectivity index (χ0v) is 18.3. The largest absolute Gasteiger partial charge is 0.497 e. The summed E-state index contributed by atoms with van der Waals surface area (Å²) < 4.78 is 67.8. The fourth-order valence-corrected chi connectivity index (χ4v) is 4.91. The van der Waals surface area contributed by atoms with Gasteiger partial charge in [0.05, 0.1) is 20.8 Å². The number of aromatic nitrogens is 2. The molecule has 0 aliphatic heterocycles. The van der Waals surface area contributed by atoms with Gasteiger partial charge in [-0.05, 0) is 42.5 Å². The van der Waals surface area contributed by atoms with Crippen molar-refractivity contribution < 1.29 is 26.7 Å². The minimum atomic E-state index is -4.45. The molecule has 1 aliphatic carbocycles. The first-order valence-electron chi connectivity index (χ1n) is 9.83. The minimum absolute atomic E-state index is 0.0366. The van der Waals surface area contributed by atoms with Crippen molar-refractivity contribution in [1.29, 1.82) is 0 Å². The molecule has 10 heteroatoms. The number of hydrogen-bond acceptors (Lipinski definition) is 6. The lowest BCUT2D eigenvalue weighted by atomic mass is 10.1. The predicted octanol–water partition coefficient (Wildman–Crippen LogP) is 4.04. The normalized spacial score (nSPS) is 13.6. The highest BCUT2D eigenvalue weighted by molar-refractivity contribution is 7.92. The number of rotatable bonds is 8. The maximum atomic E-state index is 14.7. The molecule has 3 aromatic rings. The summed E-state index contributed by atoms with van der Waals surface area (Å²) in [5.74, 6) is -1.05. The minimum Gasteiger partial charge on any atom is -0.497 e. The van der Waals surface area contributed by atoms with Crippen LogP contribution >= 0.6 is 0 Å². The fraction of sp³-hybridized carbons (Fsp3) is 0.273. The van der Waals surface area contributed by atoms with E-state index in [-0.39, 0.29) is 23.8 Å². The van der Waals surface area contributed by atoms with Crippen LogP contribution in [0.2, 0.25) is 0 Å². The molecule has 0 N–H and O–H groups in total. The van der Waals surface area contributed by atoms with Gasteiger partial charge in [0.1, 0.15) is 40.2 Å². The first-order valence-corrected chi connectivity index (χ1v) is 11.3. The van der Waals surface area contributed by atoms with Crippen LogP contribution < -0.4 is 13.8 Å². The van der Waals surface area contributed by atoms with Crippen LogP contribution in [0.25, 0.3) is 0 Å². The van der Waals surface area contributed by atoms with Crippen molar-refractivity contribution >= 4 is 15.8 Å². The Morgan fingerprint density at radius 1 is 1.06 bits per heavy atom. The third kappa shape index (κ3) is 4.22. The van der Waals surface area contributed by atoms with Gasteiger partial charge in [0.15, 0.2) is 0 Å². The lowest BCUT2D eigenvalue weighted by Gasteiger charge is -2.25. The van der Waals surface area contributed by atoms with Crippen LogP contribution in [0.5, 0.6) is 11.5 Å². The molecule has 1 aromatic heterocycles. The quantitative estimate of drug-likeness (QED) is 0.504. The Balaban J connectivity index is 1.82. The number of hydrogen-bond donors (Lipinski definition) is 0. The standard InChI is InChI=1S/C22H21F2N3O4S/c1-30-16-6-5-15(20(9-16)31-2)12-27(22-7-8-25-13-26-22)32(28,29)21-10-17(14-3-4-14)18(23)11-19(21)24/h5-11,13-14H,3-4,12H2,1-2H3. The van der Waals surface area contributed by atoms with Gasteiger partial charge >= 0.3 is 0 Å². The van der Waals surface area contributed by atoms with Crippen molar-refractivity contribution in [2.45, 2.75) is 30.2 Å². The second-order valence-electron chi connectivity index (χ2n) is 7.34. The van der Waals surface area contributed by atoms with Gasteiger partial charge in [0.25, 0.3) is 10.0 Å². The Bertz CT molecular complexity index is 1240. The van der Waals surface area contributed by atoms with Crippen LogP contribution in [0.4, 0.5) is 14.6 Å². The molecule has 0 amide bonds. The van der Waals surface area contributed by atoms with Crippen LogP contribution in [0.1, 0.15) is 29.9 Å². The van der Waals surface area contributed by atoms with Crippen molar-refractivity contribution in [2.75, 3.05) is 18.5 Å². The molecule has 1 saturated carbocycles. The zero-order chi connectivity index (χ0) is 22.9. The number of anilines is 1. The summed E-state index contributed by atoms with van der Waals surface area (Å²) >= 11 is 0. The molecule has 32 heavy (non-hydrogen) atoms. The number of nitrogens with zero attached hydrogens (tertiary/aromatic N) is 3. The third-order valence-corrected chi connectivity index (χ3v) is 7.03. The molecule has 0 atom stereocenters. The zero-order valence-electron chi connectivity index (χ0n) is 17.5. The van der Waals surface area contributed by atoms with Gasteiger partial charge < -0.3 is 9.47 Å². The monoisotopic (exact) mass is 461 g/mol. The van der Waals surface area contributed by atoms with Crippen LogP contribution in [0.3, 0.4) is 0 Å². The maximum Gasteiger partial charge on any atom is 0.268 e. The number of ether oxygens (including phenoxy) is 2. The second-order valence-corrected chi connectivity index (χ2v) is 9.17. The molecule has 2 aromatic carbocycles. The lowest BCUT2D eigenvalue weighted by Crippen LogP contribution is -2.32. The Labute approximate surface area is 184 Å². The van der Waals surface area contributed by atoms with E-state index in [9.17, 15) is 17.2 Å². The van der Waals surface area contributed by atoms with Gasteiger partial charge in [-0.1, -0.05) is 0 Å². The topological polar surface area (TPSA) is 81.6 Å². The average Bonchev–Trinajstić information content (AvgIpc) is 3.63. The summed E-state index contributed by atoms with van der Waals surface area (Å²) in [5.41, 5.74) is 0.704. The summed E-state index contributed by atoms with van der Waals surface area (Å²) in [6.45, 7) is -0.206. The van der Waals surface area contributed by atoms with Gasteiger partial charge in [0, 0.05) is 30.0 Å². The first kappa shape index (κ1) is 21.9. The number of methoxy groups -OCH3 is 2. The SMILES string of the molecule is COc1ccc(CN(c2ccncn2)S(=O)(=O)c2cc(C3CC3)c(F)cc2F)c(OC)c1. The summed E-state index contributed by atoms with van der Waals surface area (Å²) in [5, 5.41) is 0. The number of benzene rings is 2. The predicted molar refractivity (Wildman–Crippen MR) is 113 cm³/mol. The van der Waals surface area contributed by atoms with Gasteiger partial charge in [0.2, 0.25) is 0 Å². The highest BCUT2D eigenvalue weighted by Crippen LogP contribution is 2.43. The second kappa shape index (κ2) is 8.70. The van der Waals surface area contributed by atoms with E-state index >= 15 is 0 Å². The van der Waals surface area contributed by atoms with Gasteiger partial charge in [-0.15, -0.1) is 0 Å². The molecule has 7 nitrogen and oxygen atoms in total. The van der Waals surface area contributed by atoms with Crippen molar-refractivity contribution in [3.05, 3.63) is 71.7 Å². The van der Waals surface area contributed by atoms with Crippen molar-refractivity contribution in [1.82, 2.24) is 9.97 Å². The van der Waals surface area contributed by atoms with Crippen molar-refractivity contribution in [2.24, 2.45) is 0 Å². The Morgan fingerprint density at radius 3 is 2.47 bits per heavy atom. The first-order chi connectivity index (χ1) is 15.3. The summed E-state index contributed by atoms with van der Waals surface area (Å²) in [4.78, 5) is 7.27. The Hall–Kier alpha value is -3.27. The van der Waals surface area contributed by atoms with Crippen LogP contribution in [0, 0.1) is 11.6 Å². The summed E-state index contributed by atoms with van der Waals surface area (Å²) in [6.07, 6.45) is 4.05. The molecular weight excluding hydrogens is 440 g/mol. The highest BCUT2D eigenvalue weighted by atomic mass is 32.2. The molecule has 0 radical (unpaired) electrons. The van der Waals surface area contributed by atoms with E-state index in [0.29, 0.717) is 23.1 Å². The molecule has 4 rings (SSSR count). The number of sulfonamides is 1. The average molecular weight is 461 g/mol. The molecule has 0 spiro atoms. The fourth-order valence-electron chi connectivity index (χ4n) is 3.43. The van der Waals surface area contributed by atoms with E-state index < -0.39 is 26.6 Å². The van der Waals surface area contributed by atoms with E-state index in [4.69, 9.17) is 9.47 Å². The molecule has 1 heterocycles. The van der Waals surface area contributed by atoms with Crippen LogP contribution in [0.15, 0.2) is 53.8 Å². The van der Waals surface area contributed by atoms with E-state index in [0.717, 1.165) is 23.2 Å². The van der Waals surface area contributed by atoms with E-state index in [1.807, 2.05) is 0 Å². The van der Waals surface area contributed by atoms with Crippen molar-refractivity contribution in [3.8, 4) is 11.5 Å². The smallest absolute Gasteiger partial charge is 0.268 e. The van der Waals surface area contributed by atoms with Crippen LogP contribution in [-0.4, -0.2) is 32.6 Å². The summed E-state index contributed by atoms with van der Waals surface area (Å²) in [6, 6.07) is 8.05. The van der Waals surface area contributed by atoms with Crippen molar-refractivity contribution in [3.63, 3.8) is 0 Å². The highest BCUT2D eigenvalue weighted by Gasteiger charge is 2.34. The Kier molecular flexibility index (Phi) is 5.96. The molecule has 1 fully saturated rings.